The molecular weight excluding hydrogens is 582 g/mol. The Balaban J connectivity index is 0.000000840. The summed E-state index contributed by atoms with van der Waals surface area (Å²) in [7, 11) is 1.66. The molecule has 0 aliphatic heterocycles. The highest BCUT2D eigenvalue weighted by molar-refractivity contribution is 6.30. The molecule has 0 aliphatic carbocycles. The van der Waals surface area contributed by atoms with Gasteiger partial charge in [-0.2, -0.15) is 5.26 Å². The molecule has 0 amide bonds. The summed E-state index contributed by atoms with van der Waals surface area (Å²) in [6, 6.07) is 9.13. The molecule has 0 radical (unpaired) electrons. The second-order valence-corrected chi connectivity index (χ2v) is 9.14. The van der Waals surface area contributed by atoms with Gasteiger partial charge in [-0.1, -0.05) is 51.1 Å². The number of aliphatic hydroxyl groups is 1. The van der Waals surface area contributed by atoms with Crippen molar-refractivity contribution in [3.8, 4) is 11.9 Å². The average molecular weight is 622 g/mol. The molecule has 11 nitrogen and oxygen atoms in total. The predicted molar refractivity (Wildman–Crippen MR) is 175 cm³/mol. The monoisotopic (exact) mass is 621 g/mol. The molecule has 0 fully saturated rings. The summed E-state index contributed by atoms with van der Waals surface area (Å²) in [5.74, 6) is 1.13. The molecule has 1 unspecified atom stereocenters. The SMILES string of the molecule is C=C(/C=C\C(=C/C)Oc1cnc(C#N)cn1)Nc1ncc(NC)c(=O)n1Cc1ccc(Cl)cc1.CC.CCC(C=O)CCO. The highest BCUT2D eigenvalue weighted by atomic mass is 35.5. The van der Waals surface area contributed by atoms with E-state index in [-0.39, 0.29) is 29.7 Å². The van der Waals surface area contributed by atoms with Crippen LogP contribution < -0.4 is 20.9 Å². The first-order valence-electron chi connectivity index (χ1n) is 14.1. The van der Waals surface area contributed by atoms with Crippen LogP contribution in [0.15, 0.2) is 83.9 Å². The van der Waals surface area contributed by atoms with Crippen LogP contribution in [-0.2, 0) is 11.3 Å². The van der Waals surface area contributed by atoms with E-state index >= 15 is 0 Å². The van der Waals surface area contributed by atoms with E-state index in [0.717, 1.165) is 18.3 Å². The van der Waals surface area contributed by atoms with Crippen LogP contribution in [0.2, 0.25) is 5.02 Å². The maximum Gasteiger partial charge on any atom is 0.278 e. The van der Waals surface area contributed by atoms with E-state index < -0.39 is 0 Å². The van der Waals surface area contributed by atoms with E-state index in [4.69, 9.17) is 26.7 Å². The summed E-state index contributed by atoms with van der Waals surface area (Å²) >= 11 is 5.97. The molecule has 3 rings (SSSR count). The number of ether oxygens (including phenoxy) is 1. The molecular formula is C32H40ClN7O4. The number of aldehydes is 1. The zero-order valence-electron chi connectivity index (χ0n) is 25.7. The third-order valence-corrected chi connectivity index (χ3v) is 6.01. The Hall–Kier alpha value is -4.79. The summed E-state index contributed by atoms with van der Waals surface area (Å²) in [6.07, 6.45) is 11.6. The van der Waals surface area contributed by atoms with Crippen molar-refractivity contribution in [1.29, 1.82) is 5.26 Å². The van der Waals surface area contributed by atoms with Crippen molar-refractivity contribution in [1.82, 2.24) is 19.5 Å². The summed E-state index contributed by atoms with van der Waals surface area (Å²) in [6.45, 7) is 12.1. The largest absolute Gasteiger partial charge is 0.438 e. The van der Waals surface area contributed by atoms with Gasteiger partial charge in [0.2, 0.25) is 11.8 Å². The number of nitrogens with zero attached hydrogens (tertiary/aromatic N) is 5. The number of hydrogen-bond acceptors (Lipinski definition) is 10. The van der Waals surface area contributed by atoms with Gasteiger partial charge in [0.05, 0.1) is 25.1 Å². The predicted octanol–water partition coefficient (Wildman–Crippen LogP) is 5.73. The lowest BCUT2D eigenvalue weighted by molar-refractivity contribution is -0.111. The van der Waals surface area contributed by atoms with Gasteiger partial charge in [-0.15, -0.1) is 0 Å². The number of benzene rings is 1. The van der Waals surface area contributed by atoms with Crippen LogP contribution in [-0.4, -0.2) is 44.6 Å². The number of anilines is 2. The molecule has 12 heteroatoms. The Kier molecular flexibility index (Phi) is 17.8. The highest BCUT2D eigenvalue weighted by Gasteiger charge is 2.11. The molecule has 234 valence electrons. The van der Waals surface area contributed by atoms with E-state index in [0.29, 0.717) is 41.1 Å². The second-order valence-electron chi connectivity index (χ2n) is 8.71. The van der Waals surface area contributed by atoms with Gasteiger partial charge < -0.3 is 25.3 Å². The number of nitriles is 1. The van der Waals surface area contributed by atoms with Crippen LogP contribution >= 0.6 is 11.6 Å². The first kappa shape index (κ1) is 37.2. The normalized spacial score (nSPS) is 11.2. The molecule has 0 spiro atoms. The molecule has 2 aromatic heterocycles. The Morgan fingerprint density at radius 3 is 2.39 bits per heavy atom. The van der Waals surface area contributed by atoms with Crippen LogP contribution in [0.3, 0.4) is 0 Å². The second kappa shape index (κ2) is 21.0. The van der Waals surface area contributed by atoms with Crippen LogP contribution in [0.25, 0.3) is 0 Å². The topological polar surface area (TPSA) is 155 Å². The number of allylic oxidation sites excluding steroid dienone is 3. The van der Waals surface area contributed by atoms with E-state index in [1.54, 1.807) is 44.3 Å². The number of aromatic nitrogens is 4. The molecule has 0 saturated carbocycles. The lowest BCUT2D eigenvalue weighted by atomic mass is 10.1. The molecule has 44 heavy (non-hydrogen) atoms. The van der Waals surface area contributed by atoms with Gasteiger partial charge in [-0.25, -0.2) is 15.0 Å². The fourth-order valence-corrected chi connectivity index (χ4v) is 3.45. The van der Waals surface area contributed by atoms with Crippen molar-refractivity contribution in [2.24, 2.45) is 5.92 Å². The fraction of sp³-hybridized carbons (Fsp3) is 0.312. The van der Waals surface area contributed by atoms with Crippen molar-refractivity contribution in [2.75, 3.05) is 24.3 Å². The first-order chi connectivity index (χ1) is 21.3. The van der Waals surface area contributed by atoms with Crippen LogP contribution in [0.5, 0.6) is 5.88 Å². The first-order valence-corrected chi connectivity index (χ1v) is 14.4. The van der Waals surface area contributed by atoms with Crippen molar-refractivity contribution >= 4 is 29.5 Å². The summed E-state index contributed by atoms with van der Waals surface area (Å²) in [4.78, 5) is 35.3. The number of hydrogen-bond donors (Lipinski definition) is 3. The number of aliphatic hydroxyl groups excluding tert-OH is 1. The third-order valence-electron chi connectivity index (χ3n) is 5.76. The molecule has 3 aromatic rings. The molecule has 0 saturated heterocycles. The number of carbonyl (C=O) groups is 1. The van der Waals surface area contributed by atoms with Gasteiger partial charge in [0.25, 0.3) is 5.56 Å². The van der Waals surface area contributed by atoms with Crippen LogP contribution in [0.4, 0.5) is 11.6 Å². The molecule has 2 heterocycles. The van der Waals surface area contributed by atoms with Crippen molar-refractivity contribution in [3.05, 3.63) is 106 Å². The Bertz CT molecular complexity index is 1480. The average Bonchev–Trinajstić information content (AvgIpc) is 3.06. The smallest absolute Gasteiger partial charge is 0.278 e. The van der Waals surface area contributed by atoms with Gasteiger partial charge in [0.15, 0.2) is 5.69 Å². The minimum atomic E-state index is -0.233. The Morgan fingerprint density at radius 1 is 1.18 bits per heavy atom. The Labute approximate surface area is 263 Å². The van der Waals surface area contributed by atoms with Crippen molar-refractivity contribution in [2.45, 2.75) is 47.1 Å². The third kappa shape index (κ3) is 12.6. The van der Waals surface area contributed by atoms with Crippen LogP contribution in [0.1, 0.15) is 51.8 Å². The van der Waals surface area contributed by atoms with Gasteiger partial charge in [-0.05, 0) is 55.7 Å². The lowest BCUT2D eigenvalue weighted by Crippen LogP contribution is -2.27. The number of nitrogens with one attached hydrogen (secondary N) is 2. The minimum absolute atomic E-state index is 0.0694. The van der Waals surface area contributed by atoms with Crippen LogP contribution in [0, 0.1) is 17.2 Å². The maximum atomic E-state index is 12.9. The van der Waals surface area contributed by atoms with E-state index in [9.17, 15) is 9.59 Å². The minimum Gasteiger partial charge on any atom is -0.438 e. The molecule has 0 aliphatic rings. The Morgan fingerprint density at radius 2 is 1.89 bits per heavy atom. The molecule has 1 atom stereocenters. The molecule has 1 aromatic carbocycles. The molecule has 0 bridgehead atoms. The highest BCUT2D eigenvalue weighted by Crippen LogP contribution is 2.15. The maximum absolute atomic E-state index is 12.9. The summed E-state index contributed by atoms with van der Waals surface area (Å²) < 4.78 is 7.17. The van der Waals surface area contributed by atoms with Gasteiger partial charge in [-0.3, -0.25) is 9.36 Å². The van der Waals surface area contributed by atoms with Crippen molar-refractivity contribution < 1.29 is 14.6 Å². The quantitative estimate of drug-likeness (QED) is 0.122. The summed E-state index contributed by atoms with van der Waals surface area (Å²) in [5.41, 5.74) is 1.70. The van der Waals surface area contributed by atoms with Gasteiger partial charge in [0, 0.05) is 30.3 Å². The van der Waals surface area contributed by atoms with E-state index in [2.05, 4.69) is 32.2 Å². The lowest BCUT2D eigenvalue weighted by Gasteiger charge is -2.15. The van der Waals surface area contributed by atoms with Gasteiger partial charge in [0.1, 0.15) is 23.8 Å². The number of halogens is 1. The summed E-state index contributed by atoms with van der Waals surface area (Å²) in [5, 5.41) is 23.7. The number of rotatable bonds is 13. The number of carbonyl (C=O) groups excluding carboxylic acids is 1. The molecule has 3 N–H and O–H groups in total. The fourth-order valence-electron chi connectivity index (χ4n) is 3.32. The standard InChI is InChI=1S/C24H22ClN7O2.C6H12O2.C2H6/c1-4-20(34-22-14-28-19(11-26)12-29-22)10-5-16(2)31-24-30-13-21(27-3)23(33)32(24)15-17-6-8-18(25)9-7-17;1-2-6(5-8)3-4-7;1-2/h4-10,12-14,27H,2,15H2,1,3H3,(H,30,31);5-7H,2-4H2,1H3;1-2H3/b10-5-,20-4+;;. The van der Waals surface area contributed by atoms with E-state index in [1.165, 1.54) is 23.2 Å². The van der Waals surface area contributed by atoms with Gasteiger partial charge >= 0.3 is 0 Å². The van der Waals surface area contributed by atoms with E-state index in [1.807, 2.05) is 39.0 Å². The zero-order chi connectivity index (χ0) is 32.9. The van der Waals surface area contributed by atoms with Crippen molar-refractivity contribution in [3.63, 3.8) is 0 Å². The zero-order valence-corrected chi connectivity index (χ0v) is 26.5.